The van der Waals surface area contributed by atoms with Crippen LogP contribution in [0.25, 0.3) is 55.9 Å². The van der Waals surface area contributed by atoms with E-state index in [4.69, 9.17) is 4.98 Å². The molecule has 2 heterocycles. The standard InChI is InChI=1S/C36H28N2/c1-25-21-26(2)23-31(22-25)36-32(27-14-16-29(17-15-27)34-13-6-7-20-37-34)11-8-12-33(36)30-18-19-35(38-24-30)28-9-4-3-5-10-28/h3-24H,1-2H3. The summed E-state index contributed by atoms with van der Waals surface area (Å²) in [5.74, 6) is 0. The van der Waals surface area contributed by atoms with Crippen molar-refractivity contribution in [1.29, 1.82) is 0 Å². The lowest BCUT2D eigenvalue weighted by atomic mass is 9.86. The maximum Gasteiger partial charge on any atom is 0.0702 e. The van der Waals surface area contributed by atoms with Gasteiger partial charge in [0.15, 0.2) is 0 Å². The van der Waals surface area contributed by atoms with E-state index >= 15 is 0 Å². The van der Waals surface area contributed by atoms with Crippen molar-refractivity contribution in [1.82, 2.24) is 9.97 Å². The molecule has 0 N–H and O–H groups in total. The second kappa shape index (κ2) is 10.3. The maximum atomic E-state index is 4.84. The van der Waals surface area contributed by atoms with E-state index in [0.717, 1.165) is 28.1 Å². The summed E-state index contributed by atoms with van der Waals surface area (Å²) in [6, 6.07) is 42.7. The maximum absolute atomic E-state index is 4.84. The fraction of sp³-hybridized carbons (Fsp3) is 0.0556. The Morgan fingerprint density at radius 2 is 1.03 bits per heavy atom. The Bertz CT molecular complexity index is 1560. The molecule has 0 aliphatic rings. The third-order valence-corrected chi connectivity index (χ3v) is 6.88. The van der Waals surface area contributed by atoms with Gasteiger partial charge >= 0.3 is 0 Å². The molecule has 0 aliphatic heterocycles. The molecule has 182 valence electrons. The number of rotatable bonds is 5. The smallest absolute Gasteiger partial charge is 0.0702 e. The second-order valence-corrected chi connectivity index (χ2v) is 9.69. The Morgan fingerprint density at radius 3 is 1.68 bits per heavy atom. The third kappa shape index (κ3) is 4.77. The van der Waals surface area contributed by atoms with Crippen molar-refractivity contribution in [2.75, 3.05) is 0 Å². The molecule has 0 unspecified atom stereocenters. The Kier molecular flexibility index (Phi) is 6.37. The first-order chi connectivity index (χ1) is 18.7. The topological polar surface area (TPSA) is 25.8 Å². The number of pyridine rings is 2. The number of nitrogens with zero attached hydrogens (tertiary/aromatic N) is 2. The number of aromatic nitrogens is 2. The first-order valence-electron chi connectivity index (χ1n) is 12.9. The SMILES string of the molecule is Cc1cc(C)cc(-c2c(-c3ccc(-c4ccccn4)cc3)cccc2-c2ccc(-c3ccccc3)nc2)c1. The van der Waals surface area contributed by atoms with Gasteiger partial charge in [0, 0.05) is 29.1 Å². The zero-order valence-corrected chi connectivity index (χ0v) is 21.6. The number of hydrogen-bond donors (Lipinski definition) is 0. The van der Waals surface area contributed by atoms with Crippen molar-refractivity contribution >= 4 is 0 Å². The van der Waals surface area contributed by atoms with Crippen molar-refractivity contribution < 1.29 is 0 Å². The van der Waals surface area contributed by atoms with E-state index in [1.807, 2.05) is 48.8 Å². The molecule has 6 aromatic rings. The molecule has 0 saturated carbocycles. The Labute approximate surface area is 224 Å². The highest BCUT2D eigenvalue weighted by Crippen LogP contribution is 2.41. The number of hydrogen-bond acceptors (Lipinski definition) is 2. The average Bonchev–Trinajstić information content (AvgIpc) is 2.97. The lowest BCUT2D eigenvalue weighted by Gasteiger charge is -2.18. The van der Waals surface area contributed by atoms with Gasteiger partial charge in [-0.1, -0.05) is 114 Å². The molecule has 0 amide bonds. The minimum Gasteiger partial charge on any atom is -0.256 e. The van der Waals surface area contributed by atoms with E-state index in [1.165, 1.54) is 38.9 Å². The summed E-state index contributed by atoms with van der Waals surface area (Å²) in [5, 5.41) is 0. The summed E-state index contributed by atoms with van der Waals surface area (Å²) in [6.45, 7) is 4.33. The highest BCUT2D eigenvalue weighted by Gasteiger charge is 2.15. The van der Waals surface area contributed by atoms with Crippen molar-refractivity contribution in [2.24, 2.45) is 0 Å². The second-order valence-electron chi connectivity index (χ2n) is 9.69. The molecule has 0 atom stereocenters. The molecule has 4 aromatic carbocycles. The quantitative estimate of drug-likeness (QED) is 0.241. The fourth-order valence-corrected chi connectivity index (χ4v) is 5.15. The number of aryl methyl sites for hydroxylation is 2. The summed E-state index contributed by atoms with van der Waals surface area (Å²) in [7, 11) is 0. The van der Waals surface area contributed by atoms with Gasteiger partial charge in [-0.25, -0.2) is 0 Å². The Balaban J connectivity index is 1.49. The van der Waals surface area contributed by atoms with E-state index in [2.05, 4.69) is 104 Å². The zero-order chi connectivity index (χ0) is 25.9. The van der Waals surface area contributed by atoms with Crippen LogP contribution in [0.2, 0.25) is 0 Å². The highest BCUT2D eigenvalue weighted by molar-refractivity contribution is 5.95. The molecular formula is C36H28N2. The minimum absolute atomic E-state index is 0.976. The average molecular weight is 489 g/mol. The summed E-state index contributed by atoms with van der Waals surface area (Å²) >= 11 is 0. The first-order valence-corrected chi connectivity index (χ1v) is 12.9. The zero-order valence-electron chi connectivity index (χ0n) is 21.6. The molecule has 2 nitrogen and oxygen atoms in total. The highest BCUT2D eigenvalue weighted by atomic mass is 14.7. The van der Waals surface area contributed by atoms with Crippen LogP contribution >= 0.6 is 0 Å². The van der Waals surface area contributed by atoms with Crippen LogP contribution in [0.5, 0.6) is 0 Å². The van der Waals surface area contributed by atoms with Crippen molar-refractivity contribution in [2.45, 2.75) is 13.8 Å². The first kappa shape index (κ1) is 23.6. The van der Waals surface area contributed by atoms with Gasteiger partial charge in [0.1, 0.15) is 0 Å². The molecule has 0 aliphatic carbocycles. The molecule has 38 heavy (non-hydrogen) atoms. The largest absolute Gasteiger partial charge is 0.256 e. The molecule has 2 aromatic heterocycles. The molecule has 0 radical (unpaired) electrons. The van der Waals surface area contributed by atoms with Crippen LogP contribution < -0.4 is 0 Å². The minimum atomic E-state index is 0.976. The van der Waals surface area contributed by atoms with Crippen LogP contribution in [0.4, 0.5) is 0 Å². The molecule has 0 bridgehead atoms. The molecule has 6 rings (SSSR count). The van der Waals surface area contributed by atoms with Gasteiger partial charge in [0.05, 0.1) is 11.4 Å². The van der Waals surface area contributed by atoms with Crippen LogP contribution in [-0.2, 0) is 0 Å². The van der Waals surface area contributed by atoms with Crippen LogP contribution in [0.15, 0.2) is 134 Å². The van der Waals surface area contributed by atoms with Gasteiger partial charge in [-0.2, -0.15) is 0 Å². The van der Waals surface area contributed by atoms with Crippen LogP contribution in [0.1, 0.15) is 11.1 Å². The molecule has 0 fully saturated rings. The van der Waals surface area contributed by atoms with E-state index in [-0.39, 0.29) is 0 Å². The van der Waals surface area contributed by atoms with Gasteiger partial charge in [0.2, 0.25) is 0 Å². The van der Waals surface area contributed by atoms with Crippen LogP contribution in [-0.4, -0.2) is 9.97 Å². The summed E-state index contributed by atoms with van der Waals surface area (Å²) in [6.07, 6.45) is 3.83. The third-order valence-electron chi connectivity index (χ3n) is 6.88. The van der Waals surface area contributed by atoms with E-state index < -0.39 is 0 Å². The molecular weight excluding hydrogens is 460 g/mol. The van der Waals surface area contributed by atoms with Crippen molar-refractivity contribution in [3.05, 3.63) is 145 Å². The van der Waals surface area contributed by atoms with Gasteiger partial charge in [-0.3, -0.25) is 9.97 Å². The van der Waals surface area contributed by atoms with Gasteiger partial charge < -0.3 is 0 Å². The number of benzene rings is 4. The van der Waals surface area contributed by atoms with Crippen molar-refractivity contribution in [3.8, 4) is 55.9 Å². The van der Waals surface area contributed by atoms with Crippen molar-refractivity contribution in [3.63, 3.8) is 0 Å². The fourth-order valence-electron chi connectivity index (χ4n) is 5.15. The summed E-state index contributed by atoms with van der Waals surface area (Å²) in [4.78, 5) is 9.35. The van der Waals surface area contributed by atoms with Gasteiger partial charge in [-0.15, -0.1) is 0 Å². The summed E-state index contributed by atoms with van der Waals surface area (Å²) in [5.41, 5.74) is 13.8. The van der Waals surface area contributed by atoms with E-state index in [1.54, 1.807) is 0 Å². The Hall–Kier alpha value is -4.82. The monoisotopic (exact) mass is 488 g/mol. The lowest BCUT2D eigenvalue weighted by molar-refractivity contribution is 1.32. The van der Waals surface area contributed by atoms with Gasteiger partial charge in [0.25, 0.3) is 0 Å². The normalized spacial score (nSPS) is 10.9. The predicted octanol–water partition coefficient (Wildman–Crippen LogP) is 9.43. The van der Waals surface area contributed by atoms with Crippen LogP contribution in [0, 0.1) is 13.8 Å². The van der Waals surface area contributed by atoms with E-state index in [0.29, 0.717) is 0 Å². The Morgan fingerprint density at radius 1 is 0.421 bits per heavy atom. The molecule has 0 spiro atoms. The lowest BCUT2D eigenvalue weighted by Crippen LogP contribution is -1.93. The summed E-state index contributed by atoms with van der Waals surface area (Å²) < 4.78 is 0. The molecule has 2 heteroatoms. The predicted molar refractivity (Wildman–Crippen MR) is 159 cm³/mol. The van der Waals surface area contributed by atoms with Crippen LogP contribution in [0.3, 0.4) is 0 Å². The molecule has 0 saturated heterocycles. The van der Waals surface area contributed by atoms with E-state index in [9.17, 15) is 0 Å². The van der Waals surface area contributed by atoms with Gasteiger partial charge in [-0.05, 0) is 59.9 Å².